The van der Waals surface area contributed by atoms with Gasteiger partial charge in [-0.15, -0.1) is 0 Å². The van der Waals surface area contributed by atoms with E-state index in [1.165, 1.54) is 12.8 Å². The number of nitrogens with two attached hydrogens (primary N) is 1. The maximum absolute atomic E-state index is 13.5. The van der Waals surface area contributed by atoms with Crippen LogP contribution in [0.4, 0.5) is 14.5 Å². The van der Waals surface area contributed by atoms with Crippen molar-refractivity contribution in [3.63, 3.8) is 0 Å². The first-order valence-electron chi connectivity index (χ1n) is 6.47. The van der Waals surface area contributed by atoms with Crippen molar-refractivity contribution >= 4 is 11.6 Å². The fourth-order valence-corrected chi connectivity index (χ4v) is 1.99. The molecule has 0 aliphatic heterocycles. The van der Waals surface area contributed by atoms with Crippen molar-refractivity contribution in [3.05, 3.63) is 29.3 Å². The molecule has 1 aromatic rings. The highest BCUT2D eigenvalue weighted by Gasteiger charge is 2.25. The van der Waals surface area contributed by atoms with E-state index < -0.39 is 23.2 Å². The molecule has 1 aliphatic carbocycles. The first-order valence-corrected chi connectivity index (χ1v) is 6.47. The molecule has 1 saturated carbocycles. The molecule has 4 N–H and O–H groups in total. The number of hydrazine groups is 1. The largest absolute Gasteiger partial charge is 0.351 e. The van der Waals surface area contributed by atoms with Crippen LogP contribution in [0.5, 0.6) is 0 Å². The molecule has 0 unspecified atom stereocenters. The summed E-state index contributed by atoms with van der Waals surface area (Å²) < 4.78 is 26.9. The number of amides is 1. The quantitative estimate of drug-likeness (QED) is 0.540. The molecule has 1 aromatic carbocycles. The minimum Gasteiger partial charge on any atom is -0.351 e. The van der Waals surface area contributed by atoms with Crippen LogP contribution in [0.25, 0.3) is 0 Å². The highest BCUT2D eigenvalue weighted by molar-refractivity contribution is 5.94. The number of halogens is 2. The Balaban J connectivity index is 1.91. The van der Waals surface area contributed by atoms with Crippen LogP contribution >= 0.6 is 0 Å². The minimum atomic E-state index is -0.896. The normalized spacial score (nSPS) is 14.4. The van der Waals surface area contributed by atoms with Gasteiger partial charge in [0.15, 0.2) is 11.6 Å². The third-order valence-electron chi connectivity index (χ3n) is 3.37. The van der Waals surface area contributed by atoms with Crippen molar-refractivity contribution in [1.29, 1.82) is 0 Å². The molecule has 0 spiro atoms. The first kappa shape index (κ1) is 14.7. The lowest BCUT2D eigenvalue weighted by molar-refractivity contribution is 0.0948. The van der Waals surface area contributed by atoms with Gasteiger partial charge in [-0.05, 0) is 32.0 Å². The summed E-state index contributed by atoms with van der Waals surface area (Å²) in [6.45, 7) is 1.15. The van der Waals surface area contributed by atoms with Gasteiger partial charge in [0.1, 0.15) is 5.69 Å². The first-order chi connectivity index (χ1) is 9.52. The number of nitrogen functional groups attached to an aromatic ring is 1. The lowest BCUT2D eigenvalue weighted by atomic mass is 10.1. The summed E-state index contributed by atoms with van der Waals surface area (Å²) in [7, 11) is 1.99. The average molecular weight is 284 g/mol. The van der Waals surface area contributed by atoms with Gasteiger partial charge in [0, 0.05) is 24.7 Å². The van der Waals surface area contributed by atoms with Gasteiger partial charge in [0.2, 0.25) is 0 Å². The summed E-state index contributed by atoms with van der Waals surface area (Å²) in [5.41, 5.74) is 1.41. The highest BCUT2D eigenvalue weighted by atomic mass is 19.1. The third kappa shape index (κ3) is 3.43. The van der Waals surface area contributed by atoms with Crippen LogP contribution in [0, 0.1) is 11.6 Å². The number of anilines is 1. The van der Waals surface area contributed by atoms with E-state index in [4.69, 9.17) is 5.84 Å². The van der Waals surface area contributed by atoms with Crippen LogP contribution in [0.3, 0.4) is 0 Å². The molecule has 2 rings (SSSR count). The van der Waals surface area contributed by atoms with Crippen molar-refractivity contribution in [2.75, 3.05) is 25.6 Å². The maximum Gasteiger partial charge on any atom is 0.251 e. The maximum atomic E-state index is 13.5. The van der Waals surface area contributed by atoms with E-state index in [0.717, 1.165) is 12.1 Å². The monoisotopic (exact) mass is 284 g/mol. The zero-order chi connectivity index (χ0) is 14.7. The highest BCUT2D eigenvalue weighted by Crippen LogP contribution is 2.24. The zero-order valence-corrected chi connectivity index (χ0v) is 11.2. The van der Waals surface area contributed by atoms with Crippen molar-refractivity contribution in [1.82, 2.24) is 10.2 Å². The van der Waals surface area contributed by atoms with Gasteiger partial charge in [-0.25, -0.2) is 8.78 Å². The molecule has 1 amide bonds. The second kappa shape index (κ2) is 6.15. The standard InChI is InChI=1S/C13H18F2N4O/c1-19(9-2-3-9)5-4-17-13(20)8-6-10(14)12(18-16)11(15)7-8/h6-7,9,18H,2-5,16H2,1H3,(H,17,20). The smallest absolute Gasteiger partial charge is 0.251 e. The summed E-state index contributed by atoms with van der Waals surface area (Å²) in [5.74, 6) is 2.69. The van der Waals surface area contributed by atoms with Crippen LogP contribution in [-0.4, -0.2) is 37.0 Å². The number of carbonyl (C=O) groups is 1. The zero-order valence-electron chi connectivity index (χ0n) is 11.2. The van der Waals surface area contributed by atoms with Gasteiger partial charge in [0.05, 0.1) is 0 Å². The van der Waals surface area contributed by atoms with Crippen LogP contribution < -0.4 is 16.6 Å². The average Bonchev–Trinajstić information content (AvgIpc) is 3.22. The van der Waals surface area contributed by atoms with Gasteiger partial charge in [0.25, 0.3) is 5.91 Å². The Morgan fingerprint density at radius 3 is 2.50 bits per heavy atom. The Morgan fingerprint density at radius 1 is 1.40 bits per heavy atom. The third-order valence-corrected chi connectivity index (χ3v) is 3.37. The molecule has 0 saturated heterocycles. The molecule has 0 aromatic heterocycles. The molecule has 110 valence electrons. The lowest BCUT2D eigenvalue weighted by Gasteiger charge is -2.15. The van der Waals surface area contributed by atoms with Crippen LogP contribution in [-0.2, 0) is 0 Å². The van der Waals surface area contributed by atoms with E-state index in [-0.39, 0.29) is 5.56 Å². The van der Waals surface area contributed by atoms with Crippen molar-refractivity contribution in [3.8, 4) is 0 Å². The van der Waals surface area contributed by atoms with E-state index >= 15 is 0 Å². The number of likely N-dealkylation sites (N-methyl/N-ethyl adjacent to an activating group) is 1. The molecule has 1 aliphatic rings. The second-order valence-corrected chi connectivity index (χ2v) is 4.93. The summed E-state index contributed by atoms with van der Waals surface area (Å²) in [6.07, 6.45) is 2.38. The Hall–Kier alpha value is -1.73. The molecule has 0 heterocycles. The SMILES string of the molecule is CN(CCNC(=O)c1cc(F)c(NN)c(F)c1)C1CC1. The number of hydrogen-bond donors (Lipinski definition) is 3. The van der Waals surface area contributed by atoms with E-state index in [1.807, 2.05) is 12.5 Å². The molecule has 0 radical (unpaired) electrons. The van der Waals surface area contributed by atoms with E-state index in [1.54, 1.807) is 0 Å². The number of nitrogens with one attached hydrogen (secondary N) is 2. The summed E-state index contributed by atoms with van der Waals surface area (Å²) in [4.78, 5) is 14.0. The van der Waals surface area contributed by atoms with Crippen LogP contribution in [0.15, 0.2) is 12.1 Å². The van der Waals surface area contributed by atoms with Crippen LogP contribution in [0.1, 0.15) is 23.2 Å². The summed E-state index contributed by atoms with van der Waals surface area (Å²) in [6, 6.07) is 2.52. The number of benzene rings is 1. The van der Waals surface area contributed by atoms with Crippen molar-refractivity contribution in [2.45, 2.75) is 18.9 Å². The van der Waals surface area contributed by atoms with E-state index in [9.17, 15) is 13.6 Å². The van der Waals surface area contributed by atoms with Crippen molar-refractivity contribution < 1.29 is 13.6 Å². The predicted octanol–water partition coefficient (Wildman–Crippen LogP) is 1.07. The number of rotatable bonds is 6. The molecular formula is C13H18F2N4O. The molecule has 1 fully saturated rings. The predicted molar refractivity (Wildman–Crippen MR) is 72.2 cm³/mol. The topological polar surface area (TPSA) is 70.4 Å². The number of carbonyl (C=O) groups excluding carboxylic acids is 1. The molecule has 20 heavy (non-hydrogen) atoms. The molecule has 0 bridgehead atoms. The Kier molecular flexibility index (Phi) is 4.51. The molecular weight excluding hydrogens is 266 g/mol. The number of nitrogens with zero attached hydrogens (tertiary/aromatic N) is 1. The Morgan fingerprint density at radius 2 is 2.00 bits per heavy atom. The second-order valence-electron chi connectivity index (χ2n) is 4.93. The minimum absolute atomic E-state index is 0.0620. The summed E-state index contributed by atoms with van der Waals surface area (Å²) >= 11 is 0. The van der Waals surface area contributed by atoms with E-state index in [0.29, 0.717) is 19.1 Å². The lowest BCUT2D eigenvalue weighted by Crippen LogP contribution is -2.34. The molecule has 7 heteroatoms. The Labute approximate surface area is 116 Å². The van der Waals surface area contributed by atoms with Crippen molar-refractivity contribution in [2.24, 2.45) is 5.84 Å². The fourth-order valence-electron chi connectivity index (χ4n) is 1.99. The summed E-state index contributed by atoms with van der Waals surface area (Å²) in [5, 5.41) is 2.64. The molecule has 5 nitrogen and oxygen atoms in total. The van der Waals surface area contributed by atoms with Gasteiger partial charge < -0.3 is 15.6 Å². The fraction of sp³-hybridized carbons (Fsp3) is 0.462. The van der Waals surface area contributed by atoms with E-state index in [2.05, 4.69) is 10.2 Å². The molecule has 0 atom stereocenters. The van der Waals surface area contributed by atoms with Gasteiger partial charge in [-0.2, -0.15) is 0 Å². The number of hydrogen-bond acceptors (Lipinski definition) is 4. The van der Waals surface area contributed by atoms with Gasteiger partial charge >= 0.3 is 0 Å². The van der Waals surface area contributed by atoms with Gasteiger partial charge in [-0.1, -0.05) is 0 Å². The van der Waals surface area contributed by atoms with Crippen LogP contribution in [0.2, 0.25) is 0 Å². The van der Waals surface area contributed by atoms with Gasteiger partial charge in [-0.3, -0.25) is 10.6 Å². The Bertz CT molecular complexity index is 482.